The normalized spacial score (nSPS) is 10.9. The maximum Gasteiger partial charge on any atom is 0.329 e. The molecule has 7 nitrogen and oxygen atoms in total. The van der Waals surface area contributed by atoms with Crippen LogP contribution in [0.5, 0.6) is 0 Å². The average molecular weight is 291 g/mol. The van der Waals surface area contributed by atoms with Crippen molar-refractivity contribution in [1.82, 2.24) is 15.0 Å². The Morgan fingerprint density at radius 3 is 2.85 bits per heavy atom. The Bertz CT molecular complexity index is 672. The van der Waals surface area contributed by atoms with Gasteiger partial charge in [-0.05, 0) is 19.9 Å². The van der Waals surface area contributed by atoms with Gasteiger partial charge >= 0.3 is 11.8 Å². The number of hydrazone groups is 1. The SMILES string of the molecule is Cc1cc(/C=N\NC(=O)C(N)=O)c(C)n1-c1nccs1. The molecular formula is C12H13N5O2S. The summed E-state index contributed by atoms with van der Waals surface area (Å²) in [6, 6.07) is 1.91. The van der Waals surface area contributed by atoms with Gasteiger partial charge in [0, 0.05) is 28.5 Å². The lowest BCUT2D eigenvalue weighted by molar-refractivity contribution is -0.137. The van der Waals surface area contributed by atoms with Crippen LogP contribution >= 0.6 is 11.3 Å². The summed E-state index contributed by atoms with van der Waals surface area (Å²) >= 11 is 1.53. The number of hydrogen-bond acceptors (Lipinski definition) is 5. The minimum atomic E-state index is -1.07. The number of nitrogens with one attached hydrogen (secondary N) is 1. The van der Waals surface area contributed by atoms with Crippen molar-refractivity contribution in [2.24, 2.45) is 10.8 Å². The number of amides is 2. The van der Waals surface area contributed by atoms with Gasteiger partial charge in [-0.1, -0.05) is 0 Å². The summed E-state index contributed by atoms with van der Waals surface area (Å²) in [7, 11) is 0. The number of carbonyl (C=O) groups is 2. The Morgan fingerprint density at radius 2 is 2.25 bits per heavy atom. The lowest BCUT2D eigenvalue weighted by atomic mass is 10.3. The summed E-state index contributed by atoms with van der Waals surface area (Å²) in [6.07, 6.45) is 3.20. The molecule has 2 rings (SSSR count). The van der Waals surface area contributed by atoms with Crippen LogP contribution in [-0.4, -0.2) is 27.6 Å². The molecule has 20 heavy (non-hydrogen) atoms. The minimum absolute atomic E-state index is 0.822. The number of thiazole rings is 1. The van der Waals surface area contributed by atoms with Crippen molar-refractivity contribution >= 4 is 29.4 Å². The summed E-state index contributed by atoms with van der Waals surface area (Å²) in [5.74, 6) is -2.02. The maximum absolute atomic E-state index is 11.0. The van der Waals surface area contributed by atoms with Gasteiger partial charge in [-0.3, -0.25) is 14.2 Å². The predicted molar refractivity (Wildman–Crippen MR) is 75.8 cm³/mol. The molecule has 104 valence electrons. The second-order valence-electron chi connectivity index (χ2n) is 4.04. The monoisotopic (exact) mass is 291 g/mol. The summed E-state index contributed by atoms with van der Waals surface area (Å²) in [5.41, 5.74) is 9.62. The quantitative estimate of drug-likeness (QED) is 0.488. The number of nitrogens with zero attached hydrogens (tertiary/aromatic N) is 3. The van der Waals surface area contributed by atoms with Crippen LogP contribution in [0.1, 0.15) is 17.0 Å². The molecule has 3 N–H and O–H groups in total. The number of rotatable bonds is 3. The fraction of sp³-hybridized carbons (Fsp3) is 0.167. The second kappa shape index (κ2) is 5.66. The molecule has 0 fully saturated rings. The van der Waals surface area contributed by atoms with E-state index in [2.05, 4.69) is 15.5 Å². The van der Waals surface area contributed by atoms with Crippen molar-refractivity contribution in [2.75, 3.05) is 0 Å². The van der Waals surface area contributed by atoms with E-state index in [0.29, 0.717) is 0 Å². The van der Waals surface area contributed by atoms with E-state index in [1.54, 1.807) is 6.20 Å². The van der Waals surface area contributed by atoms with E-state index < -0.39 is 11.8 Å². The lowest BCUT2D eigenvalue weighted by Crippen LogP contribution is -2.32. The number of hydrogen-bond donors (Lipinski definition) is 2. The Labute approximate surface area is 119 Å². The van der Waals surface area contributed by atoms with Gasteiger partial charge in [-0.25, -0.2) is 10.4 Å². The van der Waals surface area contributed by atoms with E-state index in [1.165, 1.54) is 17.6 Å². The molecule has 2 aromatic heterocycles. The lowest BCUT2D eigenvalue weighted by Gasteiger charge is -2.04. The molecule has 0 unspecified atom stereocenters. The summed E-state index contributed by atoms with van der Waals surface area (Å²) in [4.78, 5) is 25.8. The van der Waals surface area contributed by atoms with Crippen molar-refractivity contribution in [3.05, 3.63) is 34.6 Å². The van der Waals surface area contributed by atoms with Crippen molar-refractivity contribution in [3.8, 4) is 5.13 Å². The zero-order valence-electron chi connectivity index (χ0n) is 11.0. The highest BCUT2D eigenvalue weighted by Gasteiger charge is 2.11. The largest absolute Gasteiger partial charge is 0.361 e. The van der Waals surface area contributed by atoms with Gasteiger partial charge in [-0.2, -0.15) is 5.10 Å². The summed E-state index contributed by atoms with van der Waals surface area (Å²) in [6.45, 7) is 3.87. The van der Waals surface area contributed by atoms with Gasteiger partial charge in [-0.15, -0.1) is 11.3 Å². The first-order valence-corrected chi connectivity index (χ1v) is 6.60. The number of aryl methyl sites for hydroxylation is 1. The van der Waals surface area contributed by atoms with Gasteiger partial charge in [0.2, 0.25) is 0 Å². The molecule has 2 amide bonds. The van der Waals surface area contributed by atoms with Gasteiger partial charge in [0.05, 0.1) is 6.21 Å². The van der Waals surface area contributed by atoms with Crippen LogP contribution in [0.3, 0.4) is 0 Å². The third kappa shape index (κ3) is 2.75. The third-order valence-electron chi connectivity index (χ3n) is 2.67. The van der Waals surface area contributed by atoms with E-state index in [-0.39, 0.29) is 0 Å². The first kappa shape index (κ1) is 13.9. The molecular weight excluding hydrogens is 278 g/mol. The molecule has 8 heteroatoms. The van der Waals surface area contributed by atoms with Crippen LogP contribution in [0.25, 0.3) is 5.13 Å². The van der Waals surface area contributed by atoms with Crippen LogP contribution in [0, 0.1) is 13.8 Å². The summed E-state index contributed by atoms with van der Waals surface area (Å²) < 4.78 is 1.99. The third-order valence-corrected chi connectivity index (χ3v) is 3.43. The van der Waals surface area contributed by atoms with Gasteiger partial charge < -0.3 is 5.73 Å². The molecule has 0 saturated heterocycles. The number of carbonyl (C=O) groups excluding carboxylic acids is 2. The molecule has 0 saturated carbocycles. The van der Waals surface area contributed by atoms with Crippen LogP contribution < -0.4 is 11.2 Å². The maximum atomic E-state index is 11.0. The van der Waals surface area contributed by atoms with Crippen LogP contribution in [-0.2, 0) is 9.59 Å². The van der Waals surface area contributed by atoms with Crippen molar-refractivity contribution in [2.45, 2.75) is 13.8 Å². The fourth-order valence-corrected chi connectivity index (χ4v) is 2.51. The van der Waals surface area contributed by atoms with E-state index in [4.69, 9.17) is 5.73 Å². The first-order valence-electron chi connectivity index (χ1n) is 5.72. The van der Waals surface area contributed by atoms with Crippen molar-refractivity contribution in [1.29, 1.82) is 0 Å². The standard InChI is InChI=1S/C12H13N5O2S/c1-7-5-9(6-15-16-11(19)10(13)18)8(2)17(7)12-14-3-4-20-12/h3-6H,1-2H3,(H2,13,18)(H,16,19)/b15-6-. The predicted octanol–water partition coefficient (Wildman–Crippen LogP) is 0.486. The van der Waals surface area contributed by atoms with Gasteiger partial charge in [0.15, 0.2) is 5.13 Å². The van der Waals surface area contributed by atoms with E-state index in [9.17, 15) is 9.59 Å². The van der Waals surface area contributed by atoms with Gasteiger partial charge in [0.1, 0.15) is 0 Å². The molecule has 0 aliphatic carbocycles. The first-order chi connectivity index (χ1) is 9.50. The van der Waals surface area contributed by atoms with Crippen molar-refractivity contribution < 1.29 is 9.59 Å². The zero-order valence-corrected chi connectivity index (χ0v) is 11.8. The molecule has 0 aromatic carbocycles. The Morgan fingerprint density at radius 1 is 1.50 bits per heavy atom. The van der Waals surface area contributed by atoms with Crippen molar-refractivity contribution in [3.63, 3.8) is 0 Å². The smallest absolute Gasteiger partial charge is 0.329 e. The molecule has 0 aliphatic rings. The molecule has 0 radical (unpaired) electrons. The van der Waals surface area contributed by atoms with Crippen LogP contribution in [0.4, 0.5) is 0 Å². The van der Waals surface area contributed by atoms with Gasteiger partial charge in [0.25, 0.3) is 0 Å². The minimum Gasteiger partial charge on any atom is -0.361 e. The molecule has 0 atom stereocenters. The zero-order chi connectivity index (χ0) is 14.7. The molecule has 2 aromatic rings. The van der Waals surface area contributed by atoms with Crippen LogP contribution in [0.2, 0.25) is 0 Å². The Balaban J connectivity index is 2.23. The highest BCUT2D eigenvalue weighted by atomic mass is 32.1. The second-order valence-corrected chi connectivity index (χ2v) is 4.91. The number of aromatic nitrogens is 2. The Kier molecular flexibility index (Phi) is 3.94. The number of primary amides is 1. The topological polar surface area (TPSA) is 102 Å². The van der Waals surface area contributed by atoms with E-state index >= 15 is 0 Å². The number of nitrogens with two attached hydrogens (primary N) is 1. The fourth-order valence-electron chi connectivity index (χ4n) is 1.75. The highest BCUT2D eigenvalue weighted by molar-refractivity contribution is 7.12. The van der Waals surface area contributed by atoms with E-state index in [0.717, 1.165) is 22.1 Å². The molecule has 0 spiro atoms. The Hall–Kier alpha value is -2.48. The molecule has 2 heterocycles. The average Bonchev–Trinajstić information content (AvgIpc) is 2.98. The van der Waals surface area contributed by atoms with Crippen LogP contribution in [0.15, 0.2) is 22.7 Å². The van der Waals surface area contributed by atoms with E-state index in [1.807, 2.05) is 29.9 Å². The summed E-state index contributed by atoms with van der Waals surface area (Å²) in [5, 5.41) is 6.46. The highest BCUT2D eigenvalue weighted by Crippen LogP contribution is 2.20. The molecule has 0 aliphatic heterocycles. The molecule has 0 bridgehead atoms.